The van der Waals surface area contributed by atoms with Crippen LogP contribution in [0, 0.1) is 12.8 Å². The van der Waals surface area contributed by atoms with E-state index in [1.807, 2.05) is 31.2 Å². The van der Waals surface area contributed by atoms with Gasteiger partial charge in [0.05, 0.1) is 11.4 Å². The molecule has 2 heterocycles. The van der Waals surface area contributed by atoms with Crippen molar-refractivity contribution in [3.63, 3.8) is 0 Å². The van der Waals surface area contributed by atoms with Crippen molar-refractivity contribution in [1.82, 2.24) is 9.88 Å². The maximum absolute atomic E-state index is 12.4. The molecule has 1 aromatic carbocycles. The largest absolute Gasteiger partial charge is 0.481 e. The number of aryl methyl sites for hydroxylation is 1. The highest BCUT2D eigenvalue weighted by atomic mass is 16.4. The molecule has 0 bridgehead atoms. The van der Waals surface area contributed by atoms with E-state index in [4.69, 9.17) is 5.11 Å². The van der Waals surface area contributed by atoms with Gasteiger partial charge in [0.25, 0.3) is 5.91 Å². The number of fused-ring (bicyclic) bond motifs is 1. The molecule has 1 aromatic heterocycles. The maximum atomic E-state index is 12.4. The van der Waals surface area contributed by atoms with Crippen LogP contribution in [-0.4, -0.2) is 40.0 Å². The van der Waals surface area contributed by atoms with Crippen LogP contribution in [0.1, 0.15) is 22.5 Å². The molecule has 21 heavy (non-hydrogen) atoms. The molecule has 0 radical (unpaired) electrons. The molecular formula is C16H16N2O3. The number of nitrogens with zero attached hydrogens (tertiary/aromatic N) is 2. The van der Waals surface area contributed by atoms with Gasteiger partial charge in [0, 0.05) is 29.7 Å². The third kappa shape index (κ3) is 2.59. The summed E-state index contributed by atoms with van der Waals surface area (Å²) in [7, 11) is 0. The monoisotopic (exact) mass is 284 g/mol. The van der Waals surface area contributed by atoms with Crippen LogP contribution in [0.3, 0.4) is 0 Å². The van der Waals surface area contributed by atoms with Gasteiger partial charge >= 0.3 is 5.97 Å². The Kier molecular flexibility index (Phi) is 3.33. The number of aromatic nitrogens is 1. The number of likely N-dealkylation sites (tertiary alicyclic amines) is 1. The Morgan fingerprint density at radius 2 is 2.10 bits per heavy atom. The molecule has 1 aliphatic heterocycles. The van der Waals surface area contributed by atoms with E-state index in [0.717, 1.165) is 16.6 Å². The summed E-state index contributed by atoms with van der Waals surface area (Å²) in [5.41, 5.74) is 2.38. The predicted molar refractivity (Wildman–Crippen MR) is 78.1 cm³/mol. The molecule has 1 N–H and O–H groups in total. The van der Waals surface area contributed by atoms with Crippen LogP contribution in [0.5, 0.6) is 0 Å². The average molecular weight is 284 g/mol. The van der Waals surface area contributed by atoms with Crippen LogP contribution in [-0.2, 0) is 4.79 Å². The molecule has 108 valence electrons. The molecule has 3 rings (SSSR count). The molecule has 1 atom stereocenters. The molecule has 1 amide bonds. The van der Waals surface area contributed by atoms with E-state index in [0.29, 0.717) is 25.1 Å². The minimum atomic E-state index is -0.830. The van der Waals surface area contributed by atoms with E-state index in [1.165, 1.54) is 0 Å². The van der Waals surface area contributed by atoms with Crippen molar-refractivity contribution in [2.24, 2.45) is 5.92 Å². The first-order chi connectivity index (χ1) is 10.0. The van der Waals surface area contributed by atoms with Crippen molar-refractivity contribution < 1.29 is 14.7 Å². The van der Waals surface area contributed by atoms with Gasteiger partial charge in [0.2, 0.25) is 0 Å². The van der Waals surface area contributed by atoms with E-state index < -0.39 is 11.9 Å². The van der Waals surface area contributed by atoms with Crippen LogP contribution in [0.15, 0.2) is 30.3 Å². The van der Waals surface area contributed by atoms with Gasteiger partial charge in [0.15, 0.2) is 0 Å². The molecule has 0 aliphatic carbocycles. The second-order valence-corrected chi connectivity index (χ2v) is 5.44. The number of hydrogen-bond donors (Lipinski definition) is 1. The van der Waals surface area contributed by atoms with E-state index in [-0.39, 0.29) is 5.91 Å². The smallest absolute Gasteiger partial charge is 0.308 e. The summed E-state index contributed by atoms with van der Waals surface area (Å²) >= 11 is 0. The molecule has 0 saturated carbocycles. The number of carbonyl (C=O) groups excluding carboxylic acids is 1. The second-order valence-electron chi connectivity index (χ2n) is 5.44. The minimum absolute atomic E-state index is 0.110. The van der Waals surface area contributed by atoms with Crippen LogP contribution < -0.4 is 0 Å². The topological polar surface area (TPSA) is 70.5 Å². The van der Waals surface area contributed by atoms with E-state index in [9.17, 15) is 9.59 Å². The standard InChI is InChI=1S/C16H16N2O3/c1-10-2-3-11-8-12(4-5-14(11)17-10)15(19)18-7-6-13(9-18)16(20)21/h2-5,8,13H,6-7,9H2,1H3,(H,20,21). The van der Waals surface area contributed by atoms with Gasteiger partial charge in [-0.25, -0.2) is 0 Å². The zero-order valence-corrected chi connectivity index (χ0v) is 11.7. The number of carboxylic acids is 1. The Labute approximate surface area is 122 Å². The van der Waals surface area contributed by atoms with Gasteiger partial charge in [-0.3, -0.25) is 14.6 Å². The van der Waals surface area contributed by atoms with E-state index in [1.54, 1.807) is 11.0 Å². The number of carbonyl (C=O) groups is 2. The van der Waals surface area contributed by atoms with Crippen LogP contribution in [0.4, 0.5) is 0 Å². The molecule has 5 heteroatoms. The number of aliphatic carboxylic acids is 1. The summed E-state index contributed by atoms with van der Waals surface area (Å²) in [5, 5.41) is 9.92. The third-order valence-corrected chi connectivity index (χ3v) is 3.90. The zero-order chi connectivity index (χ0) is 15.0. The first-order valence-electron chi connectivity index (χ1n) is 6.94. The lowest BCUT2D eigenvalue weighted by Crippen LogP contribution is -2.29. The summed E-state index contributed by atoms with van der Waals surface area (Å²) in [6, 6.07) is 9.26. The fourth-order valence-corrected chi connectivity index (χ4v) is 2.69. The zero-order valence-electron chi connectivity index (χ0n) is 11.7. The molecule has 1 saturated heterocycles. The first-order valence-corrected chi connectivity index (χ1v) is 6.94. The maximum Gasteiger partial charge on any atom is 0.308 e. The van der Waals surface area contributed by atoms with Crippen molar-refractivity contribution in [3.05, 3.63) is 41.6 Å². The number of hydrogen-bond acceptors (Lipinski definition) is 3. The molecule has 1 aliphatic rings. The Balaban J connectivity index is 1.85. The van der Waals surface area contributed by atoms with Gasteiger partial charge in [0.1, 0.15) is 0 Å². The van der Waals surface area contributed by atoms with Crippen molar-refractivity contribution >= 4 is 22.8 Å². The quantitative estimate of drug-likeness (QED) is 0.916. The molecule has 5 nitrogen and oxygen atoms in total. The second kappa shape index (κ2) is 5.16. The number of pyridine rings is 1. The summed E-state index contributed by atoms with van der Waals surface area (Å²) in [4.78, 5) is 29.4. The van der Waals surface area contributed by atoms with Gasteiger partial charge < -0.3 is 10.0 Å². The number of benzene rings is 1. The van der Waals surface area contributed by atoms with Crippen molar-refractivity contribution in [2.45, 2.75) is 13.3 Å². The summed E-state index contributed by atoms with van der Waals surface area (Å²) in [6.07, 6.45) is 0.523. The van der Waals surface area contributed by atoms with Gasteiger partial charge in [-0.05, 0) is 37.6 Å². The van der Waals surface area contributed by atoms with Crippen molar-refractivity contribution in [2.75, 3.05) is 13.1 Å². The molecule has 2 aromatic rings. The van der Waals surface area contributed by atoms with Crippen LogP contribution in [0.25, 0.3) is 10.9 Å². The molecule has 0 spiro atoms. The van der Waals surface area contributed by atoms with E-state index in [2.05, 4.69) is 4.98 Å². The van der Waals surface area contributed by atoms with Gasteiger partial charge in [-0.1, -0.05) is 6.07 Å². The Morgan fingerprint density at radius 3 is 2.81 bits per heavy atom. The Bertz CT molecular complexity index is 727. The van der Waals surface area contributed by atoms with Gasteiger partial charge in [-0.15, -0.1) is 0 Å². The lowest BCUT2D eigenvalue weighted by molar-refractivity contribution is -0.141. The molecule has 1 fully saturated rings. The van der Waals surface area contributed by atoms with Crippen LogP contribution in [0.2, 0.25) is 0 Å². The fraction of sp³-hybridized carbons (Fsp3) is 0.312. The lowest BCUT2D eigenvalue weighted by atomic mass is 10.1. The highest BCUT2D eigenvalue weighted by Crippen LogP contribution is 2.21. The number of carboxylic acid groups (broad SMARTS) is 1. The van der Waals surface area contributed by atoms with Crippen molar-refractivity contribution in [3.8, 4) is 0 Å². The lowest BCUT2D eigenvalue weighted by Gasteiger charge is -2.16. The number of rotatable bonds is 2. The SMILES string of the molecule is Cc1ccc2cc(C(=O)N3CCC(C(=O)O)C3)ccc2n1. The predicted octanol–water partition coefficient (Wildman–Crippen LogP) is 2.09. The Hall–Kier alpha value is -2.43. The normalized spacial score (nSPS) is 18.1. The summed E-state index contributed by atoms with van der Waals surface area (Å²) < 4.78 is 0. The Morgan fingerprint density at radius 1 is 1.29 bits per heavy atom. The average Bonchev–Trinajstić information content (AvgIpc) is 2.96. The summed E-state index contributed by atoms with van der Waals surface area (Å²) in [6.45, 7) is 2.72. The molecular weight excluding hydrogens is 268 g/mol. The first kappa shape index (κ1) is 13.5. The highest BCUT2D eigenvalue weighted by Gasteiger charge is 2.31. The van der Waals surface area contributed by atoms with Crippen LogP contribution >= 0.6 is 0 Å². The third-order valence-electron chi connectivity index (χ3n) is 3.90. The minimum Gasteiger partial charge on any atom is -0.481 e. The van der Waals surface area contributed by atoms with E-state index >= 15 is 0 Å². The highest BCUT2D eigenvalue weighted by molar-refractivity contribution is 5.98. The number of amides is 1. The molecule has 1 unspecified atom stereocenters. The fourth-order valence-electron chi connectivity index (χ4n) is 2.69. The summed E-state index contributed by atoms with van der Waals surface area (Å²) in [5.74, 6) is -1.39. The van der Waals surface area contributed by atoms with Crippen molar-refractivity contribution in [1.29, 1.82) is 0 Å². The van der Waals surface area contributed by atoms with Gasteiger partial charge in [-0.2, -0.15) is 0 Å².